The molecule has 2 unspecified atom stereocenters. The Morgan fingerprint density at radius 3 is 1.55 bits per heavy atom. The third kappa shape index (κ3) is 16.1. The minimum Gasteiger partial charge on any atom is -0.482 e. The number of benzene rings is 4. The van der Waals surface area contributed by atoms with E-state index in [2.05, 4.69) is 36.6 Å². The lowest BCUT2D eigenvalue weighted by atomic mass is 9.98. The molecule has 0 aliphatic heterocycles. The average molecular weight is 1170 g/mol. The standard InChI is InChI=1S/C25H29BrF3NO5S.C24H27BrF3NO5S/c1-24(2,3)35-23(31)15-34-22-11-7-9-19-20(22)8-5-6-10-21(19)30(4)36(32,33)18-13-16(25(27,28)29)12-17(26)14-18;1-23(2,3)34-22(30)14-33-21-10-6-8-18-19(21)7-4-5-9-20(18)29-35(31,32)17-12-15(24(26,27)28)11-16(25)13-17/h7,9,11-14,21H,5-6,8,10,15H2,1-4H3;6,8,10-13,20,29H,4-5,7,9,14H2,1-3H3. The summed E-state index contributed by atoms with van der Waals surface area (Å²) < 4.78 is 159. The highest BCUT2D eigenvalue weighted by Gasteiger charge is 2.37. The number of hydrogen-bond donors (Lipinski definition) is 1. The topological polar surface area (TPSA) is 155 Å². The normalized spacial score (nSPS) is 16.8. The maximum atomic E-state index is 13.5. The van der Waals surface area contributed by atoms with Crippen LogP contribution in [0.25, 0.3) is 0 Å². The van der Waals surface area contributed by atoms with Gasteiger partial charge < -0.3 is 18.9 Å². The highest BCUT2D eigenvalue weighted by molar-refractivity contribution is 9.10. The van der Waals surface area contributed by atoms with Crippen molar-refractivity contribution >= 4 is 63.8 Å². The van der Waals surface area contributed by atoms with E-state index in [1.54, 1.807) is 77.9 Å². The number of ether oxygens (including phenoxy) is 4. The van der Waals surface area contributed by atoms with Crippen LogP contribution in [0.3, 0.4) is 0 Å². The number of fused-ring (bicyclic) bond motifs is 2. The van der Waals surface area contributed by atoms with Crippen molar-refractivity contribution in [3.8, 4) is 11.5 Å². The van der Waals surface area contributed by atoms with Crippen LogP contribution < -0.4 is 14.2 Å². The number of nitrogens with one attached hydrogen (secondary N) is 1. The molecule has 22 heteroatoms. The van der Waals surface area contributed by atoms with E-state index in [4.69, 9.17) is 18.9 Å². The second-order valence-corrected chi connectivity index (χ2v) is 24.5. The molecule has 0 fully saturated rings. The van der Waals surface area contributed by atoms with Gasteiger partial charge in [0.25, 0.3) is 0 Å². The molecule has 0 radical (unpaired) electrons. The van der Waals surface area contributed by atoms with E-state index >= 15 is 0 Å². The number of alkyl halides is 6. The van der Waals surface area contributed by atoms with Gasteiger partial charge in [0, 0.05) is 22.0 Å². The first-order valence-electron chi connectivity index (χ1n) is 22.4. The van der Waals surface area contributed by atoms with E-state index in [0.717, 1.165) is 46.5 Å². The van der Waals surface area contributed by atoms with Crippen LogP contribution in [0.15, 0.2) is 91.5 Å². The van der Waals surface area contributed by atoms with E-state index < -0.39 is 88.5 Å². The Balaban J connectivity index is 0.000000264. The third-order valence-corrected chi connectivity index (χ3v) is 15.3. The van der Waals surface area contributed by atoms with Gasteiger partial charge in [-0.25, -0.2) is 31.1 Å². The third-order valence-electron chi connectivity index (χ3n) is 11.0. The molecule has 390 valence electrons. The monoisotopic (exact) mass is 1170 g/mol. The van der Waals surface area contributed by atoms with Crippen molar-refractivity contribution in [3.63, 3.8) is 0 Å². The van der Waals surface area contributed by atoms with Gasteiger partial charge in [-0.2, -0.15) is 30.6 Å². The molecule has 1 N–H and O–H groups in total. The van der Waals surface area contributed by atoms with Crippen LogP contribution in [-0.4, -0.2) is 64.5 Å². The lowest BCUT2D eigenvalue weighted by molar-refractivity contribution is -0.158. The molecule has 4 aromatic rings. The van der Waals surface area contributed by atoms with Crippen molar-refractivity contribution in [1.29, 1.82) is 0 Å². The van der Waals surface area contributed by atoms with Crippen LogP contribution in [0.1, 0.15) is 126 Å². The van der Waals surface area contributed by atoms with Crippen LogP contribution in [0, 0.1) is 0 Å². The SMILES string of the molecule is CC(C)(C)OC(=O)COc1cccc2c1CCCCC2NS(=O)(=O)c1cc(Br)cc(C(F)(F)F)c1.CN(C1CCCCc2c(OCC(=O)OC(C)(C)C)cccc21)S(=O)(=O)c1cc(Br)cc(C(F)(F)F)c1. The number of halogens is 8. The summed E-state index contributed by atoms with van der Waals surface area (Å²) in [6, 6.07) is 14.3. The van der Waals surface area contributed by atoms with Gasteiger partial charge in [-0.1, -0.05) is 69.0 Å². The zero-order valence-corrected chi connectivity index (χ0v) is 44.8. The van der Waals surface area contributed by atoms with Gasteiger partial charge in [-0.15, -0.1) is 0 Å². The quantitative estimate of drug-likeness (QED) is 0.0823. The number of hydrogen-bond acceptors (Lipinski definition) is 10. The molecule has 2 atom stereocenters. The maximum Gasteiger partial charge on any atom is 0.416 e. The second-order valence-electron chi connectivity index (χ2n) is 18.9. The molecule has 0 bridgehead atoms. The van der Waals surface area contributed by atoms with E-state index in [1.165, 1.54) is 13.1 Å². The molecule has 0 aromatic heterocycles. The Labute approximate surface area is 427 Å². The van der Waals surface area contributed by atoms with E-state index in [9.17, 15) is 52.8 Å². The first-order chi connectivity index (χ1) is 32.7. The van der Waals surface area contributed by atoms with Crippen molar-refractivity contribution in [1.82, 2.24) is 9.03 Å². The maximum absolute atomic E-state index is 13.5. The first-order valence-corrected chi connectivity index (χ1v) is 26.9. The summed E-state index contributed by atoms with van der Waals surface area (Å²) in [7, 11) is -7.18. The molecule has 0 saturated heterocycles. The van der Waals surface area contributed by atoms with Gasteiger partial charge in [0.05, 0.1) is 27.0 Å². The molecular formula is C49H56Br2F6N2O10S2. The summed E-state index contributed by atoms with van der Waals surface area (Å²) in [4.78, 5) is 23.3. The number of nitrogens with zero attached hydrogens (tertiary/aromatic N) is 1. The van der Waals surface area contributed by atoms with Gasteiger partial charge in [0.1, 0.15) is 22.7 Å². The van der Waals surface area contributed by atoms with Gasteiger partial charge in [-0.05, 0) is 151 Å². The summed E-state index contributed by atoms with van der Waals surface area (Å²) in [6.07, 6.45) is -4.30. The molecule has 0 heterocycles. The average Bonchev–Trinajstić information content (AvgIpc) is 3.59. The fourth-order valence-corrected chi connectivity index (χ4v) is 12.1. The van der Waals surface area contributed by atoms with Gasteiger partial charge in [-0.3, -0.25) is 0 Å². The van der Waals surface area contributed by atoms with Crippen molar-refractivity contribution in [2.45, 2.75) is 138 Å². The Morgan fingerprint density at radius 2 is 1.07 bits per heavy atom. The molecule has 6 rings (SSSR count). The van der Waals surface area contributed by atoms with Crippen molar-refractivity contribution in [2.75, 3.05) is 20.3 Å². The van der Waals surface area contributed by atoms with Gasteiger partial charge in [0.15, 0.2) is 13.2 Å². The van der Waals surface area contributed by atoms with Crippen molar-refractivity contribution < 1.29 is 71.7 Å². The number of sulfonamides is 2. The summed E-state index contributed by atoms with van der Waals surface area (Å²) in [5, 5.41) is 0. The van der Waals surface area contributed by atoms with Crippen LogP contribution in [0.4, 0.5) is 26.3 Å². The summed E-state index contributed by atoms with van der Waals surface area (Å²) >= 11 is 5.97. The molecule has 4 aromatic carbocycles. The zero-order chi connectivity index (χ0) is 52.9. The molecule has 0 spiro atoms. The van der Waals surface area contributed by atoms with Crippen LogP contribution in [0.2, 0.25) is 0 Å². The summed E-state index contributed by atoms with van der Waals surface area (Å²) in [5.41, 5.74) is -0.536. The number of carbonyl (C=O) groups is 2. The lowest BCUT2D eigenvalue weighted by Crippen LogP contribution is -2.32. The highest BCUT2D eigenvalue weighted by Crippen LogP contribution is 2.41. The fraction of sp³-hybridized carbons (Fsp3) is 0.469. The Hall–Kier alpha value is -4.22. The highest BCUT2D eigenvalue weighted by atomic mass is 79.9. The van der Waals surface area contributed by atoms with Crippen LogP contribution in [-0.2, 0) is 64.3 Å². The molecule has 0 saturated carbocycles. The predicted molar refractivity (Wildman–Crippen MR) is 260 cm³/mol. The minimum absolute atomic E-state index is 0.00629. The molecule has 0 amide bonds. The van der Waals surface area contributed by atoms with E-state index in [-0.39, 0.29) is 22.2 Å². The lowest BCUT2D eigenvalue weighted by Gasteiger charge is -2.29. The van der Waals surface area contributed by atoms with Crippen molar-refractivity contribution in [2.24, 2.45) is 0 Å². The number of esters is 2. The molecule has 12 nitrogen and oxygen atoms in total. The Morgan fingerprint density at radius 1 is 0.634 bits per heavy atom. The first kappa shape index (κ1) is 57.7. The Kier molecular flexibility index (Phi) is 18.6. The molecule has 2 aliphatic carbocycles. The van der Waals surface area contributed by atoms with Crippen molar-refractivity contribution in [3.05, 3.63) is 115 Å². The largest absolute Gasteiger partial charge is 0.482 e. The smallest absolute Gasteiger partial charge is 0.416 e. The minimum atomic E-state index is -4.69. The number of carbonyl (C=O) groups excluding carboxylic acids is 2. The molecular weight excluding hydrogens is 1110 g/mol. The van der Waals surface area contributed by atoms with Crippen LogP contribution >= 0.6 is 31.9 Å². The Bertz CT molecular complexity index is 2800. The second kappa shape index (κ2) is 22.9. The van der Waals surface area contributed by atoms with Crippen LogP contribution in [0.5, 0.6) is 11.5 Å². The zero-order valence-electron chi connectivity index (χ0n) is 40.0. The predicted octanol–water partition coefficient (Wildman–Crippen LogP) is 12.2. The van der Waals surface area contributed by atoms with Gasteiger partial charge >= 0.3 is 24.3 Å². The summed E-state index contributed by atoms with van der Waals surface area (Å²) in [6.45, 7) is 9.90. The molecule has 71 heavy (non-hydrogen) atoms. The number of rotatable bonds is 12. The fourth-order valence-electron chi connectivity index (χ4n) is 8.07. The summed E-state index contributed by atoms with van der Waals surface area (Å²) in [5.74, 6) is -0.157. The van der Waals surface area contributed by atoms with E-state index in [0.29, 0.717) is 73.3 Å². The van der Waals surface area contributed by atoms with Gasteiger partial charge in [0.2, 0.25) is 20.0 Å². The van der Waals surface area contributed by atoms with E-state index in [1.807, 2.05) is 0 Å². The molecule has 2 aliphatic rings.